The fraction of sp³-hybridized carbons (Fsp3) is 0.120. The van der Waals surface area contributed by atoms with E-state index in [-0.39, 0.29) is 16.8 Å². The Morgan fingerprint density at radius 1 is 1.03 bits per heavy atom. The largest absolute Gasteiger partial charge is 0.507 e. The van der Waals surface area contributed by atoms with E-state index in [1.165, 1.54) is 36.3 Å². The van der Waals surface area contributed by atoms with Crippen LogP contribution in [0.4, 0.5) is 11.4 Å². The summed E-state index contributed by atoms with van der Waals surface area (Å²) in [6, 6.07) is 18.3. The monoisotopic (exact) mass is 444 g/mol. The highest BCUT2D eigenvalue weighted by atomic mass is 16.6. The number of carbonyl (C=O) groups is 2. The summed E-state index contributed by atoms with van der Waals surface area (Å²) >= 11 is 0. The topological polar surface area (TPSA) is 110 Å². The number of non-ortho nitro benzene ring substituents is 1. The predicted molar refractivity (Wildman–Crippen MR) is 122 cm³/mol. The van der Waals surface area contributed by atoms with Crippen molar-refractivity contribution in [3.63, 3.8) is 0 Å². The maximum absolute atomic E-state index is 13.2. The highest BCUT2D eigenvalue weighted by Gasteiger charge is 2.47. The van der Waals surface area contributed by atoms with Crippen molar-refractivity contribution in [3.05, 3.63) is 105 Å². The van der Waals surface area contributed by atoms with Crippen molar-refractivity contribution in [2.75, 3.05) is 12.0 Å². The molecule has 1 heterocycles. The number of nitrogens with zero attached hydrogens (tertiary/aromatic N) is 2. The summed E-state index contributed by atoms with van der Waals surface area (Å²) in [5, 5.41) is 22.3. The quantitative estimate of drug-likeness (QED) is 0.203. The van der Waals surface area contributed by atoms with Gasteiger partial charge in [0.2, 0.25) is 0 Å². The number of carbonyl (C=O) groups excluding carboxylic acids is 2. The number of aryl methyl sites for hydroxylation is 1. The zero-order valence-corrected chi connectivity index (χ0v) is 17.9. The molecule has 1 fully saturated rings. The number of nitro benzene ring substituents is 1. The summed E-state index contributed by atoms with van der Waals surface area (Å²) in [5.41, 5.74) is 1.62. The van der Waals surface area contributed by atoms with Crippen LogP contribution < -0.4 is 9.64 Å². The van der Waals surface area contributed by atoms with E-state index in [9.17, 15) is 24.8 Å². The molecule has 1 unspecified atom stereocenters. The van der Waals surface area contributed by atoms with Crippen LogP contribution in [0.2, 0.25) is 0 Å². The number of anilines is 1. The number of Topliss-reactive ketones (excluding diaryl/α,β-unsaturated/α-hetero) is 1. The third-order valence-corrected chi connectivity index (χ3v) is 5.61. The predicted octanol–water partition coefficient (Wildman–Crippen LogP) is 4.54. The van der Waals surface area contributed by atoms with Crippen LogP contribution in [-0.2, 0) is 9.59 Å². The van der Waals surface area contributed by atoms with Gasteiger partial charge in [-0.3, -0.25) is 24.6 Å². The van der Waals surface area contributed by atoms with Gasteiger partial charge in [0.15, 0.2) is 0 Å². The molecule has 0 aliphatic carbocycles. The van der Waals surface area contributed by atoms with Gasteiger partial charge in [0.1, 0.15) is 11.5 Å². The minimum absolute atomic E-state index is 0.0792. The van der Waals surface area contributed by atoms with E-state index in [2.05, 4.69) is 0 Å². The number of ketones is 1. The molecule has 166 valence electrons. The van der Waals surface area contributed by atoms with Gasteiger partial charge in [-0.25, -0.2) is 0 Å². The molecule has 8 heteroatoms. The van der Waals surface area contributed by atoms with Crippen molar-refractivity contribution in [1.29, 1.82) is 0 Å². The number of hydrogen-bond acceptors (Lipinski definition) is 6. The smallest absolute Gasteiger partial charge is 0.300 e. The summed E-state index contributed by atoms with van der Waals surface area (Å²) < 4.78 is 5.18. The summed E-state index contributed by atoms with van der Waals surface area (Å²) in [6.07, 6.45) is 0. The molecule has 33 heavy (non-hydrogen) atoms. The average molecular weight is 444 g/mol. The number of rotatable bonds is 5. The molecule has 0 radical (unpaired) electrons. The van der Waals surface area contributed by atoms with Crippen molar-refractivity contribution in [3.8, 4) is 5.75 Å². The molecular formula is C25H20N2O6. The summed E-state index contributed by atoms with van der Waals surface area (Å²) in [6.45, 7) is 1.84. The normalized spacial score (nSPS) is 17.3. The Kier molecular flexibility index (Phi) is 5.66. The average Bonchev–Trinajstić information content (AvgIpc) is 3.09. The van der Waals surface area contributed by atoms with Gasteiger partial charge in [-0.15, -0.1) is 0 Å². The zero-order chi connectivity index (χ0) is 23.7. The highest BCUT2D eigenvalue weighted by Crippen LogP contribution is 2.43. The van der Waals surface area contributed by atoms with Crippen molar-refractivity contribution >= 4 is 28.8 Å². The minimum Gasteiger partial charge on any atom is -0.507 e. The molecule has 4 rings (SSSR count). The molecule has 1 saturated heterocycles. The number of ether oxygens (including phenoxy) is 1. The summed E-state index contributed by atoms with van der Waals surface area (Å²) in [5.74, 6) is -1.57. The molecular weight excluding hydrogens is 424 g/mol. The third-order valence-electron chi connectivity index (χ3n) is 5.61. The van der Waals surface area contributed by atoms with E-state index < -0.39 is 28.4 Å². The van der Waals surface area contributed by atoms with Crippen LogP contribution >= 0.6 is 0 Å². The molecule has 1 amide bonds. The van der Waals surface area contributed by atoms with Crippen LogP contribution in [-0.4, -0.2) is 28.8 Å². The van der Waals surface area contributed by atoms with E-state index in [0.717, 1.165) is 5.56 Å². The second kappa shape index (κ2) is 8.58. The van der Waals surface area contributed by atoms with Crippen LogP contribution in [0.25, 0.3) is 5.76 Å². The molecule has 1 aliphatic heterocycles. The lowest BCUT2D eigenvalue weighted by molar-refractivity contribution is -0.384. The lowest BCUT2D eigenvalue weighted by Crippen LogP contribution is -2.29. The number of amides is 1. The molecule has 1 aliphatic rings. The van der Waals surface area contributed by atoms with Gasteiger partial charge in [-0.05, 0) is 42.3 Å². The Hall–Kier alpha value is -4.46. The Labute approximate surface area is 189 Å². The van der Waals surface area contributed by atoms with Crippen molar-refractivity contribution in [1.82, 2.24) is 0 Å². The molecule has 3 aromatic rings. The second-order valence-corrected chi connectivity index (χ2v) is 7.53. The number of aliphatic hydroxyl groups is 1. The van der Waals surface area contributed by atoms with E-state index >= 15 is 0 Å². The molecule has 1 N–H and O–H groups in total. The first kappa shape index (κ1) is 21.8. The number of nitro groups is 1. The first-order chi connectivity index (χ1) is 15.8. The fourth-order valence-electron chi connectivity index (χ4n) is 3.95. The Morgan fingerprint density at radius 2 is 1.73 bits per heavy atom. The Morgan fingerprint density at radius 3 is 2.36 bits per heavy atom. The van der Waals surface area contributed by atoms with Crippen LogP contribution in [0.1, 0.15) is 22.7 Å². The van der Waals surface area contributed by atoms with Gasteiger partial charge in [-0.2, -0.15) is 0 Å². The Bertz CT molecular complexity index is 1300. The van der Waals surface area contributed by atoms with Gasteiger partial charge in [0.05, 0.1) is 23.6 Å². The SMILES string of the molecule is COc1ccc(N2C(=O)C(=O)/C(=C(/O)c3cccc([N+](=O)[O-])c3)C2c2ccccc2C)cc1. The maximum atomic E-state index is 13.2. The van der Waals surface area contributed by atoms with Gasteiger partial charge < -0.3 is 9.84 Å². The number of benzene rings is 3. The van der Waals surface area contributed by atoms with Crippen LogP contribution in [0.3, 0.4) is 0 Å². The first-order valence-corrected chi connectivity index (χ1v) is 10.1. The standard InChI is InChI=1S/C25H20N2O6/c1-15-6-3-4-9-20(15)22-21(23(28)16-7-5-8-18(14-16)27(31)32)24(29)25(30)26(22)17-10-12-19(33-2)13-11-17/h3-14,22,28H,1-2H3/b23-21+. The van der Waals surface area contributed by atoms with Crippen molar-refractivity contribution in [2.24, 2.45) is 0 Å². The van der Waals surface area contributed by atoms with E-state index in [0.29, 0.717) is 17.0 Å². The van der Waals surface area contributed by atoms with Crippen LogP contribution in [0.15, 0.2) is 78.4 Å². The maximum Gasteiger partial charge on any atom is 0.300 e. The van der Waals surface area contributed by atoms with Crippen LogP contribution in [0, 0.1) is 17.0 Å². The molecule has 0 spiro atoms. The molecule has 0 bridgehead atoms. The minimum atomic E-state index is -0.918. The van der Waals surface area contributed by atoms with Gasteiger partial charge in [-0.1, -0.05) is 36.4 Å². The van der Waals surface area contributed by atoms with E-state index in [1.54, 1.807) is 36.4 Å². The highest BCUT2D eigenvalue weighted by molar-refractivity contribution is 6.51. The fourth-order valence-corrected chi connectivity index (χ4v) is 3.95. The number of aliphatic hydroxyl groups excluding tert-OH is 1. The second-order valence-electron chi connectivity index (χ2n) is 7.53. The molecule has 0 saturated carbocycles. The molecule has 3 aromatic carbocycles. The van der Waals surface area contributed by atoms with Crippen molar-refractivity contribution in [2.45, 2.75) is 13.0 Å². The molecule has 1 atom stereocenters. The molecule has 8 nitrogen and oxygen atoms in total. The van der Waals surface area contributed by atoms with E-state index in [4.69, 9.17) is 4.74 Å². The molecule has 0 aromatic heterocycles. The Balaban J connectivity index is 1.95. The lowest BCUT2D eigenvalue weighted by atomic mass is 9.92. The van der Waals surface area contributed by atoms with E-state index in [1.807, 2.05) is 19.1 Å². The van der Waals surface area contributed by atoms with Gasteiger partial charge in [0.25, 0.3) is 17.4 Å². The van der Waals surface area contributed by atoms with Crippen molar-refractivity contribution < 1.29 is 24.4 Å². The summed E-state index contributed by atoms with van der Waals surface area (Å²) in [4.78, 5) is 38.3. The van der Waals surface area contributed by atoms with Gasteiger partial charge >= 0.3 is 0 Å². The lowest BCUT2D eigenvalue weighted by Gasteiger charge is -2.26. The van der Waals surface area contributed by atoms with Gasteiger partial charge in [0, 0.05) is 23.4 Å². The first-order valence-electron chi connectivity index (χ1n) is 10.1. The number of hydrogen-bond donors (Lipinski definition) is 1. The third kappa shape index (κ3) is 3.82. The van der Waals surface area contributed by atoms with Crippen LogP contribution in [0.5, 0.6) is 5.75 Å². The number of methoxy groups -OCH3 is 1. The zero-order valence-electron chi connectivity index (χ0n) is 17.9. The summed E-state index contributed by atoms with van der Waals surface area (Å²) in [7, 11) is 1.52.